The Morgan fingerprint density at radius 2 is 1.65 bits per heavy atom. The van der Waals surface area contributed by atoms with Crippen LogP contribution in [0.2, 0.25) is 0 Å². The minimum Gasteiger partial charge on any atom is -0.495 e. The fourth-order valence-corrected chi connectivity index (χ4v) is 4.13. The molecule has 0 radical (unpaired) electrons. The van der Waals surface area contributed by atoms with Gasteiger partial charge in [-0.3, -0.25) is 4.79 Å². The van der Waals surface area contributed by atoms with Crippen molar-refractivity contribution in [3.63, 3.8) is 0 Å². The molecule has 0 aromatic heterocycles. The van der Waals surface area contributed by atoms with E-state index in [0.717, 1.165) is 24.3 Å². The maximum atomic E-state index is 14.0. The number of carbonyl (C=O) groups excluding carboxylic acids is 2. The maximum Gasteiger partial charge on any atom is 0.321 e. The zero-order chi connectivity index (χ0) is 21.8. The first-order valence-corrected chi connectivity index (χ1v) is 10.6. The summed E-state index contributed by atoms with van der Waals surface area (Å²) in [6.07, 6.45) is 1.94. The van der Waals surface area contributed by atoms with E-state index in [4.69, 9.17) is 4.74 Å². The summed E-state index contributed by atoms with van der Waals surface area (Å²) in [5.41, 5.74) is 1.51. The van der Waals surface area contributed by atoms with Gasteiger partial charge >= 0.3 is 6.03 Å². The van der Waals surface area contributed by atoms with E-state index in [1.54, 1.807) is 16.9 Å². The van der Waals surface area contributed by atoms with E-state index < -0.39 is 5.82 Å². The zero-order valence-electron chi connectivity index (χ0n) is 17.6. The summed E-state index contributed by atoms with van der Waals surface area (Å²) in [4.78, 5) is 31.3. The number of hydrogen-bond donors (Lipinski definition) is 1. The highest BCUT2D eigenvalue weighted by molar-refractivity contribution is 6.03. The van der Waals surface area contributed by atoms with E-state index >= 15 is 0 Å². The van der Waals surface area contributed by atoms with Crippen molar-refractivity contribution in [2.75, 3.05) is 56.6 Å². The summed E-state index contributed by atoms with van der Waals surface area (Å²) in [7, 11) is 1.64. The van der Waals surface area contributed by atoms with Crippen LogP contribution < -0.4 is 15.0 Å². The van der Waals surface area contributed by atoms with E-state index in [1.165, 1.54) is 18.2 Å². The topological polar surface area (TPSA) is 65.1 Å². The van der Waals surface area contributed by atoms with E-state index in [2.05, 4.69) is 10.2 Å². The minimum atomic E-state index is -0.504. The van der Waals surface area contributed by atoms with Crippen LogP contribution in [0.25, 0.3) is 0 Å². The molecule has 7 nitrogen and oxygen atoms in total. The number of urea groups is 1. The standard InChI is InChI=1S/C23H27FN4O3/c1-31-21-7-3-2-6-20(21)26-12-14-27(15-13-26)22(29)18-16-17(24)8-9-19(18)25-23(30)28-10-4-5-11-28/h2-3,6-9,16H,4-5,10-15H2,1H3,(H,25,30). The molecule has 2 saturated heterocycles. The summed E-state index contributed by atoms with van der Waals surface area (Å²) in [6.45, 7) is 3.65. The smallest absolute Gasteiger partial charge is 0.321 e. The molecule has 3 amide bonds. The molecule has 0 spiro atoms. The molecule has 2 aromatic carbocycles. The monoisotopic (exact) mass is 426 g/mol. The molecule has 0 atom stereocenters. The number of halogens is 1. The summed E-state index contributed by atoms with van der Waals surface area (Å²) in [5.74, 6) is 0.00500. The number of ether oxygens (including phenoxy) is 1. The third-order valence-electron chi connectivity index (χ3n) is 5.84. The lowest BCUT2D eigenvalue weighted by Gasteiger charge is -2.36. The van der Waals surface area contributed by atoms with Crippen LogP contribution in [-0.4, -0.2) is 68.1 Å². The van der Waals surface area contributed by atoms with Gasteiger partial charge < -0.3 is 24.8 Å². The van der Waals surface area contributed by atoms with Crippen LogP contribution in [-0.2, 0) is 0 Å². The van der Waals surface area contributed by atoms with Crippen molar-refractivity contribution < 1.29 is 18.7 Å². The average Bonchev–Trinajstić information content (AvgIpc) is 3.35. The highest BCUT2D eigenvalue weighted by Crippen LogP contribution is 2.29. The van der Waals surface area contributed by atoms with Crippen LogP contribution in [0.3, 0.4) is 0 Å². The summed E-state index contributed by atoms with van der Waals surface area (Å²) in [6, 6.07) is 11.5. The number of methoxy groups -OCH3 is 1. The molecule has 8 heteroatoms. The molecule has 2 heterocycles. The predicted octanol–water partition coefficient (Wildman–Crippen LogP) is 3.42. The molecule has 2 aliphatic heterocycles. The van der Waals surface area contributed by atoms with Gasteiger partial charge in [-0.1, -0.05) is 12.1 Å². The van der Waals surface area contributed by atoms with Gasteiger partial charge in [0.05, 0.1) is 24.0 Å². The first kappa shape index (κ1) is 21.0. The van der Waals surface area contributed by atoms with E-state index in [1.807, 2.05) is 24.3 Å². The average molecular weight is 426 g/mol. The number of benzene rings is 2. The Balaban J connectivity index is 1.46. The fourth-order valence-electron chi connectivity index (χ4n) is 4.13. The van der Waals surface area contributed by atoms with Gasteiger partial charge in [-0.15, -0.1) is 0 Å². The van der Waals surface area contributed by atoms with Crippen LogP contribution >= 0.6 is 0 Å². The van der Waals surface area contributed by atoms with Crippen LogP contribution in [0.15, 0.2) is 42.5 Å². The third-order valence-corrected chi connectivity index (χ3v) is 5.84. The maximum absolute atomic E-state index is 14.0. The van der Waals surface area contributed by atoms with Gasteiger partial charge in [-0.2, -0.15) is 0 Å². The van der Waals surface area contributed by atoms with Crippen LogP contribution in [0.4, 0.5) is 20.6 Å². The molecule has 1 N–H and O–H groups in total. The normalized spacial score (nSPS) is 16.4. The van der Waals surface area contributed by atoms with Crippen molar-refractivity contribution in [1.29, 1.82) is 0 Å². The van der Waals surface area contributed by atoms with Crippen molar-refractivity contribution in [1.82, 2.24) is 9.80 Å². The van der Waals surface area contributed by atoms with Gasteiger partial charge in [0.1, 0.15) is 11.6 Å². The van der Waals surface area contributed by atoms with Crippen molar-refractivity contribution in [2.24, 2.45) is 0 Å². The van der Waals surface area contributed by atoms with E-state index in [-0.39, 0.29) is 17.5 Å². The molecule has 0 saturated carbocycles. The molecule has 0 unspecified atom stereocenters. The van der Waals surface area contributed by atoms with Gasteiger partial charge in [0.25, 0.3) is 5.91 Å². The van der Waals surface area contributed by atoms with Gasteiger partial charge in [0.15, 0.2) is 0 Å². The number of anilines is 2. The fraction of sp³-hybridized carbons (Fsp3) is 0.391. The van der Waals surface area contributed by atoms with E-state index in [9.17, 15) is 14.0 Å². The number of carbonyl (C=O) groups is 2. The lowest BCUT2D eigenvalue weighted by molar-refractivity contribution is 0.0747. The van der Waals surface area contributed by atoms with Crippen LogP contribution in [0.1, 0.15) is 23.2 Å². The number of piperazine rings is 1. The molecule has 0 bridgehead atoms. The summed E-state index contributed by atoms with van der Waals surface area (Å²) >= 11 is 0. The number of nitrogens with one attached hydrogen (secondary N) is 1. The van der Waals surface area contributed by atoms with Crippen molar-refractivity contribution >= 4 is 23.3 Å². The van der Waals surface area contributed by atoms with Crippen molar-refractivity contribution in [3.05, 3.63) is 53.8 Å². The summed E-state index contributed by atoms with van der Waals surface area (Å²) < 4.78 is 19.4. The Kier molecular flexibility index (Phi) is 6.25. The summed E-state index contributed by atoms with van der Waals surface area (Å²) in [5, 5.41) is 2.80. The molecule has 31 heavy (non-hydrogen) atoms. The third kappa shape index (κ3) is 4.57. The number of rotatable bonds is 4. The number of likely N-dealkylation sites (tertiary alicyclic amines) is 1. The van der Waals surface area contributed by atoms with Crippen molar-refractivity contribution in [2.45, 2.75) is 12.8 Å². The molecule has 4 rings (SSSR count). The first-order chi connectivity index (χ1) is 15.1. The van der Waals surface area contributed by atoms with Gasteiger partial charge in [-0.05, 0) is 43.2 Å². The van der Waals surface area contributed by atoms with E-state index in [0.29, 0.717) is 45.0 Å². The van der Waals surface area contributed by atoms with Gasteiger partial charge in [-0.25, -0.2) is 9.18 Å². The van der Waals surface area contributed by atoms with Gasteiger partial charge in [0, 0.05) is 39.3 Å². The number of amides is 3. The number of hydrogen-bond acceptors (Lipinski definition) is 4. The first-order valence-electron chi connectivity index (χ1n) is 10.6. The zero-order valence-corrected chi connectivity index (χ0v) is 17.6. The molecule has 164 valence electrons. The van der Waals surface area contributed by atoms with Crippen molar-refractivity contribution in [3.8, 4) is 5.75 Å². The lowest BCUT2D eigenvalue weighted by atomic mass is 10.1. The second-order valence-electron chi connectivity index (χ2n) is 7.77. The predicted molar refractivity (Wildman–Crippen MR) is 117 cm³/mol. The number of para-hydroxylation sites is 2. The highest BCUT2D eigenvalue weighted by atomic mass is 19.1. The molecule has 2 aliphatic rings. The highest BCUT2D eigenvalue weighted by Gasteiger charge is 2.27. The second kappa shape index (κ2) is 9.24. The molecule has 2 aromatic rings. The minimum absolute atomic E-state index is 0.179. The second-order valence-corrected chi connectivity index (χ2v) is 7.77. The molecule has 2 fully saturated rings. The Morgan fingerprint density at radius 3 is 2.35 bits per heavy atom. The molecular weight excluding hydrogens is 399 g/mol. The van der Waals surface area contributed by atoms with Gasteiger partial charge in [0.2, 0.25) is 0 Å². The quantitative estimate of drug-likeness (QED) is 0.814. The Hall–Kier alpha value is -3.29. The largest absolute Gasteiger partial charge is 0.495 e. The SMILES string of the molecule is COc1ccccc1N1CCN(C(=O)c2cc(F)ccc2NC(=O)N2CCCC2)CC1. The van der Waals surface area contributed by atoms with Crippen LogP contribution in [0, 0.1) is 5.82 Å². The number of nitrogens with zero attached hydrogens (tertiary/aromatic N) is 3. The Bertz CT molecular complexity index is 954. The Labute approximate surface area is 181 Å². The molecular formula is C23H27FN4O3. The Morgan fingerprint density at radius 1 is 0.935 bits per heavy atom. The molecule has 0 aliphatic carbocycles. The lowest BCUT2D eigenvalue weighted by Crippen LogP contribution is -2.49. The van der Waals surface area contributed by atoms with Crippen LogP contribution in [0.5, 0.6) is 5.75 Å².